The molecule has 0 unspecified atom stereocenters. The highest BCUT2D eigenvalue weighted by atomic mass is 32.3. The third-order valence-electron chi connectivity index (χ3n) is 6.09. The molecule has 0 bridgehead atoms. The van der Waals surface area contributed by atoms with Gasteiger partial charge in [-0.25, -0.2) is 0 Å². The van der Waals surface area contributed by atoms with Crippen molar-refractivity contribution in [1.29, 1.82) is 0 Å². The third-order valence-corrected chi connectivity index (χ3v) is 6.88. The van der Waals surface area contributed by atoms with E-state index in [2.05, 4.69) is 15.9 Å². The molecule has 0 fully saturated rings. The molecule has 7 nitrogen and oxygen atoms in total. The van der Waals surface area contributed by atoms with Gasteiger partial charge in [-0.1, -0.05) is 25.8 Å². The maximum atomic E-state index is 13.7. The van der Waals surface area contributed by atoms with E-state index < -0.39 is 15.1 Å². The summed E-state index contributed by atoms with van der Waals surface area (Å²) in [5, 5.41) is 1.71. The number of hydrogen-bond donors (Lipinski definition) is 1. The Labute approximate surface area is 206 Å². The predicted octanol–water partition coefficient (Wildman–Crippen LogP) is 4.91. The molecule has 0 aliphatic heterocycles. The molecule has 0 atom stereocenters. The molecule has 0 amide bonds. The van der Waals surface area contributed by atoms with E-state index in [0.717, 1.165) is 17.1 Å². The molecule has 5 rings (SSSR count). The Morgan fingerprint density at radius 2 is 1.94 bits per heavy atom. The maximum Gasteiger partial charge on any atom is 0.333 e. The van der Waals surface area contributed by atoms with Gasteiger partial charge in [-0.2, -0.15) is 8.42 Å². The van der Waals surface area contributed by atoms with Gasteiger partial charge in [-0.15, -0.1) is 10.3 Å². The number of ether oxygens (including phenoxy) is 1. The summed E-state index contributed by atoms with van der Waals surface area (Å²) in [7, 11) is -3.14. The zero-order valence-electron chi connectivity index (χ0n) is 19.8. The molecule has 0 aliphatic carbocycles. The lowest BCUT2D eigenvalue weighted by Crippen LogP contribution is -2.11. The van der Waals surface area contributed by atoms with Gasteiger partial charge in [0, 0.05) is 47.0 Å². The molecule has 1 N–H and O–H groups in total. The van der Waals surface area contributed by atoms with Gasteiger partial charge in [0.2, 0.25) is 0 Å². The van der Waals surface area contributed by atoms with Gasteiger partial charge in [-0.3, -0.25) is 9.78 Å². The minimum Gasteiger partial charge on any atom is -0.493 e. The molecule has 9 heteroatoms. The number of H-pyrrole nitrogens is 1. The summed E-state index contributed by atoms with van der Waals surface area (Å²) in [6, 6.07) is 10.0. The SMILES string of the molecule is C#Cc1ccc2c(c1)[nH]c1c2c(=O)c2cc(OCC(C)C)c(-c3cncc(S(=O)(=O)F)c3)cc2n1C. The molecule has 3 heterocycles. The number of benzene rings is 2. The molecule has 0 saturated carbocycles. The van der Waals surface area contributed by atoms with Crippen molar-refractivity contribution in [3.05, 3.63) is 64.6 Å². The Kier molecular flexibility index (Phi) is 5.57. The van der Waals surface area contributed by atoms with Crippen LogP contribution in [0, 0.1) is 18.3 Å². The minimum atomic E-state index is -4.96. The Bertz CT molecular complexity index is 1900. The van der Waals surface area contributed by atoms with Crippen molar-refractivity contribution in [2.24, 2.45) is 13.0 Å². The Morgan fingerprint density at radius 3 is 2.64 bits per heavy atom. The lowest BCUT2D eigenvalue weighted by molar-refractivity contribution is 0.272. The van der Waals surface area contributed by atoms with Crippen molar-refractivity contribution in [2.45, 2.75) is 18.7 Å². The number of aromatic amines is 1. The fourth-order valence-electron chi connectivity index (χ4n) is 4.34. The number of fused-ring (bicyclic) bond motifs is 4. The average Bonchev–Trinajstić information content (AvgIpc) is 3.24. The van der Waals surface area contributed by atoms with E-state index in [-0.39, 0.29) is 11.3 Å². The summed E-state index contributed by atoms with van der Waals surface area (Å²) in [4.78, 5) is 20.4. The second-order valence-electron chi connectivity index (χ2n) is 9.06. The van der Waals surface area contributed by atoms with E-state index in [4.69, 9.17) is 11.2 Å². The van der Waals surface area contributed by atoms with E-state index in [9.17, 15) is 17.1 Å². The van der Waals surface area contributed by atoms with Crippen LogP contribution < -0.4 is 10.2 Å². The van der Waals surface area contributed by atoms with Crippen LogP contribution in [0.5, 0.6) is 5.75 Å². The number of nitrogens with zero attached hydrogens (tertiary/aromatic N) is 2. The summed E-state index contributed by atoms with van der Waals surface area (Å²) in [5.74, 6) is 3.16. The number of aryl methyl sites for hydroxylation is 1. The Hall–Kier alpha value is -4.16. The van der Waals surface area contributed by atoms with Crippen LogP contribution in [0.15, 0.2) is 58.5 Å². The largest absolute Gasteiger partial charge is 0.493 e. The van der Waals surface area contributed by atoms with Crippen LogP contribution >= 0.6 is 0 Å². The molecule has 0 aliphatic rings. The number of nitrogens with one attached hydrogen (secondary N) is 1. The van der Waals surface area contributed by atoms with Crippen LogP contribution in [-0.4, -0.2) is 29.6 Å². The second kappa shape index (κ2) is 8.50. The molecule has 2 aromatic carbocycles. The molecule has 5 aromatic rings. The maximum absolute atomic E-state index is 13.7. The number of hydrogen-bond acceptors (Lipinski definition) is 5. The number of aromatic nitrogens is 3. The van der Waals surface area contributed by atoms with Gasteiger partial charge >= 0.3 is 10.2 Å². The van der Waals surface area contributed by atoms with E-state index in [1.807, 2.05) is 37.6 Å². The van der Waals surface area contributed by atoms with Crippen molar-refractivity contribution in [3.8, 4) is 29.2 Å². The summed E-state index contributed by atoms with van der Waals surface area (Å²) >= 11 is 0. The zero-order chi connectivity index (χ0) is 25.8. The molecule has 36 heavy (non-hydrogen) atoms. The lowest BCUT2D eigenvalue weighted by Gasteiger charge is -2.16. The molecule has 0 saturated heterocycles. The molecule has 182 valence electrons. The van der Waals surface area contributed by atoms with Crippen LogP contribution in [-0.2, 0) is 17.3 Å². The second-order valence-corrected chi connectivity index (χ2v) is 10.4. The van der Waals surface area contributed by atoms with Gasteiger partial charge in [0.05, 0.1) is 22.9 Å². The summed E-state index contributed by atoms with van der Waals surface area (Å²) in [6.45, 7) is 4.33. The van der Waals surface area contributed by atoms with Crippen molar-refractivity contribution in [2.75, 3.05) is 6.61 Å². The van der Waals surface area contributed by atoms with Crippen molar-refractivity contribution in [1.82, 2.24) is 14.5 Å². The van der Waals surface area contributed by atoms with Crippen molar-refractivity contribution < 1.29 is 17.0 Å². The fraction of sp³-hybridized carbons (Fsp3) is 0.185. The van der Waals surface area contributed by atoms with E-state index in [1.165, 1.54) is 12.3 Å². The Balaban J connectivity index is 1.85. The van der Waals surface area contributed by atoms with Gasteiger partial charge in [0.1, 0.15) is 16.3 Å². The first-order valence-electron chi connectivity index (χ1n) is 11.2. The first kappa shape index (κ1) is 23.6. The first-order valence-corrected chi connectivity index (χ1v) is 12.6. The van der Waals surface area contributed by atoms with Gasteiger partial charge in [0.25, 0.3) is 0 Å². The molecule has 3 aromatic heterocycles. The predicted molar refractivity (Wildman–Crippen MR) is 138 cm³/mol. The highest BCUT2D eigenvalue weighted by molar-refractivity contribution is 7.86. The van der Waals surface area contributed by atoms with Gasteiger partial charge in [0.15, 0.2) is 5.43 Å². The molecular formula is C27H22FN3O4S. The number of terminal acetylenes is 1. The van der Waals surface area contributed by atoms with E-state index in [0.29, 0.717) is 51.0 Å². The highest BCUT2D eigenvalue weighted by Gasteiger charge is 2.20. The van der Waals surface area contributed by atoms with Gasteiger partial charge in [-0.05, 0) is 36.2 Å². The topological polar surface area (TPSA) is 94.1 Å². The summed E-state index contributed by atoms with van der Waals surface area (Å²) in [6.07, 6.45) is 7.92. The Morgan fingerprint density at radius 1 is 1.17 bits per heavy atom. The number of halogens is 1. The van der Waals surface area contributed by atoms with Crippen LogP contribution in [0.1, 0.15) is 19.4 Å². The van der Waals surface area contributed by atoms with Crippen LogP contribution in [0.4, 0.5) is 3.89 Å². The van der Waals surface area contributed by atoms with Crippen molar-refractivity contribution in [3.63, 3.8) is 0 Å². The van der Waals surface area contributed by atoms with Gasteiger partial charge < -0.3 is 14.3 Å². The van der Waals surface area contributed by atoms with Crippen LogP contribution in [0.25, 0.3) is 44.0 Å². The molecular weight excluding hydrogens is 481 g/mol. The molecule has 0 radical (unpaired) electrons. The smallest absolute Gasteiger partial charge is 0.333 e. The highest BCUT2D eigenvalue weighted by Crippen LogP contribution is 2.36. The standard InChI is InChI=1S/C27H22FN3O4S/c1-5-16-6-7-19-22(8-16)30-27-25(19)26(32)21-11-24(35-14-15(2)3)20(10-23(21)31(27)4)17-9-18(13-29-12-17)36(28,33)34/h1,6-13,15,30H,14H2,2-4H3. The molecule has 0 spiro atoms. The fourth-order valence-corrected chi connectivity index (χ4v) is 4.79. The first-order chi connectivity index (χ1) is 17.1. The minimum absolute atomic E-state index is 0.183. The third kappa shape index (κ3) is 3.89. The normalized spacial score (nSPS) is 12.0. The summed E-state index contributed by atoms with van der Waals surface area (Å²) < 4.78 is 44.6. The van der Waals surface area contributed by atoms with Crippen LogP contribution in [0.3, 0.4) is 0 Å². The zero-order valence-corrected chi connectivity index (χ0v) is 20.6. The number of pyridine rings is 2. The quantitative estimate of drug-likeness (QED) is 0.272. The monoisotopic (exact) mass is 503 g/mol. The van der Waals surface area contributed by atoms with Crippen molar-refractivity contribution >= 4 is 43.1 Å². The lowest BCUT2D eigenvalue weighted by atomic mass is 10.0. The summed E-state index contributed by atoms with van der Waals surface area (Å²) in [5.41, 5.74) is 3.27. The average molecular weight is 504 g/mol. The van der Waals surface area contributed by atoms with E-state index in [1.54, 1.807) is 18.2 Å². The number of rotatable bonds is 5. The van der Waals surface area contributed by atoms with Crippen LogP contribution in [0.2, 0.25) is 0 Å². The van der Waals surface area contributed by atoms with E-state index >= 15 is 0 Å².